The standard InChI is InChI=1S/C10H14N4S.ClH/c1-6(11)10-12-9(5-15-10)8-4-14(3)13-7(8)2;/h4-6H,11H2,1-3H3;1H. The third-order valence-electron chi connectivity index (χ3n) is 2.20. The van der Waals surface area contributed by atoms with Crippen LogP contribution in [0.2, 0.25) is 0 Å². The SMILES string of the molecule is Cc1nn(C)cc1-c1csc(C(C)N)n1.Cl. The van der Waals surface area contributed by atoms with Gasteiger partial charge in [-0.05, 0) is 13.8 Å². The summed E-state index contributed by atoms with van der Waals surface area (Å²) in [5.74, 6) is 0. The number of aryl methyl sites for hydroxylation is 2. The van der Waals surface area contributed by atoms with Gasteiger partial charge in [0.1, 0.15) is 5.01 Å². The van der Waals surface area contributed by atoms with Crippen LogP contribution in [-0.4, -0.2) is 14.8 Å². The van der Waals surface area contributed by atoms with Gasteiger partial charge in [0.05, 0.1) is 17.4 Å². The molecule has 4 nitrogen and oxygen atoms in total. The topological polar surface area (TPSA) is 56.7 Å². The number of nitrogens with two attached hydrogens (primary N) is 1. The van der Waals surface area contributed by atoms with Gasteiger partial charge in [-0.15, -0.1) is 23.7 Å². The van der Waals surface area contributed by atoms with Crippen molar-refractivity contribution in [1.29, 1.82) is 0 Å². The molecule has 2 aromatic rings. The molecule has 0 aromatic carbocycles. The zero-order valence-corrected chi connectivity index (χ0v) is 11.1. The van der Waals surface area contributed by atoms with Crippen molar-refractivity contribution in [3.05, 3.63) is 22.3 Å². The molecule has 0 radical (unpaired) electrons. The Morgan fingerprint density at radius 2 is 2.19 bits per heavy atom. The molecule has 0 aliphatic rings. The molecule has 16 heavy (non-hydrogen) atoms. The number of thiazole rings is 1. The molecule has 0 saturated carbocycles. The average Bonchev–Trinajstić information content (AvgIpc) is 2.71. The number of hydrogen-bond acceptors (Lipinski definition) is 4. The van der Waals surface area contributed by atoms with E-state index < -0.39 is 0 Å². The molecule has 2 N–H and O–H groups in total. The van der Waals surface area contributed by atoms with E-state index in [0.29, 0.717) is 0 Å². The third kappa shape index (κ3) is 2.42. The Morgan fingerprint density at radius 1 is 1.50 bits per heavy atom. The summed E-state index contributed by atoms with van der Waals surface area (Å²) in [6, 6.07) is 0.000674. The quantitative estimate of drug-likeness (QED) is 0.899. The van der Waals surface area contributed by atoms with Crippen LogP contribution in [0.15, 0.2) is 11.6 Å². The molecule has 0 aliphatic heterocycles. The van der Waals surface area contributed by atoms with Crippen molar-refractivity contribution in [1.82, 2.24) is 14.8 Å². The van der Waals surface area contributed by atoms with Crippen molar-refractivity contribution in [2.24, 2.45) is 12.8 Å². The molecule has 0 saturated heterocycles. The highest BCUT2D eigenvalue weighted by Crippen LogP contribution is 2.26. The Hall–Kier alpha value is -0.910. The van der Waals surface area contributed by atoms with Gasteiger partial charge in [-0.3, -0.25) is 4.68 Å². The van der Waals surface area contributed by atoms with E-state index in [0.717, 1.165) is 22.0 Å². The van der Waals surface area contributed by atoms with Gasteiger partial charge in [-0.25, -0.2) is 4.98 Å². The van der Waals surface area contributed by atoms with Crippen LogP contribution in [0.3, 0.4) is 0 Å². The zero-order chi connectivity index (χ0) is 11.0. The molecule has 2 heterocycles. The molecule has 1 unspecified atom stereocenters. The van der Waals surface area contributed by atoms with Crippen molar-refractivity contribution >= 4 is 23.7 Å². The van der Waals surface area contributed by atoms with Crippen LogP contribution in [0.5, 0.6) is 0 Å². The van der Waals surface area contributed by atoms with Gasteiger partial charge in [-0.2, -0.15) is 5.10 Å². The second kappa shape index (κ2) is 4.95. The third-order valence-corrected chi connectivity index (χ3v) is 3.25. The van der Waals surface area contributed by atoms with Crippen LogP contribution < -0.4 is 5.73 Å². The molecule has 0 amide bonds. The van der Waals surface area contributed by atoms with Gasteiger partial charge in [0.15, 0.2) is 0 Å². The van der Waals surface area contributed by atoms with Crippen molar-refractivity contribution < 1.29 is 0 Å². The maximum atomic E-state index is 5.78. The minimum absolute atomic E-state index is 0. The lowest BCUT2D eigenvalue weighted by Gasteiger charge is -1.97. The van der Waals surface area contributed by atoms with E-state index in [1.165, 1.54) is 0 Å². The van der Waals surface area contributed by atoms with Gasteiger partial charge in [0, 0.05) is 24.2 Å². The lowest BCUT2D eigenvalue weighted by atomic mass is 10.2. The van der Waals surface area contributed by atoms with Gasteiger partial charge in [0.25, 0.3) is 0 Å². The number of nitrogens with zero attached hydrogens (tertiary/aromatic N) is 3. The van der Waals surface area contributed by atoms with E-state index >= 15 is 0 Å². The lowest BCUT2D eigenvalue weighted by molar-refractivity contribution is 0.756. The van der Waals surface area contributed by atoms with Crippen molar-refractivity contribution in [3.8, 4) is 11.3 Å². The normalized spacial score (nSPS) is 12.2. The Balaban J connectivity index is 0.00000128. The summed E-state index contributed by atoms with van der Waals surface area (Å²) >= 11 is 1.60. The highest BCUT2D eigenvalue weighted by atomic mass is 35.5. The van der Waals surface area contributed by atoms with Gasteiger partial charge >= 0.3 is 0 Å². The first-order valence-corrected chi connectivity index (χ1v) is 5.67. The fraction of sp³-hybridized carbons (Fsp3) is 0.400. The molecule has 2 aromatic heterocycles. The molecule has 6 heteroatoms. The summed E-state index contributed by atoms with van der Waals surface area (Å²) in [5.41, 5.74) is 8.83. The molecule has 0 bridgehead atoms. The summed E-state index contributed by atoms with van der Waals surface area (Å²) in [7, 11) is 1.91. The number of hydrogen-bond donors (Lipinski definition) is 1. The molecule has 0 fully saturated rings. The summed E-state index contributed by atoms with van der Waals surface area (Å²) in [4.78, 5) is 4.49. The Kier molecular flexibility index (Phi) is 4.07. The summed E-state index contributed by atoms with van der Waals surface area (Å²) in [6.45, 7) is 3.93. The van der Waals surface area contributed by atoms with E-state index in [2.05, 4.69) is 10.1 Å². The first-order chi connectivity index (χ1) is 7.08. The van der Waals surface area contributed by atoms with E-state index in [9.17, 15) is 0 Å². The van der Waals surface area contributed by atoms with Crippen LogP contribution in [-0.2, 0) is 7.05 Å². The Labute approximate surface area is 105 Å². The molecule has 1 atom stereocenters. The number of rotatable bonds is 2. The van der Waals surface area contributed by atoms with Crippen molar-refractivity contribution in [3.63, 3.8) is 0 Å². The number of halogens is 1. The van der Waals surface area contributed by atoms with Crippen LogP contribution >= 0.6 is 23.7 Å². The maximum Gasteiger partial charge on any atom is 0.110 e. The predicted molar refractivity (Wildman–Crippen MR) is 68.9 cm³/mol. The monoisotopic (exact) mass is 258 g/mol. The van der Waals surface area contributed by atoms with E-state index in [4.69, 9.17) is 5.73 Å². The molecule has 0 aliphatic carbocycles. The van der Waals surface area contributed by atoms with Crippen LogP contribution in [0.4, 0.5) is 0 Å². The Morgan fingerprint density at radius 3 is 2.62 bits per heavy atom. The molecular formula is C10H15ClN4S. The highest BCUT2D eigenvalue weighted by molar-refractivity contribution is 7.10. The number of aromatic nitrogens is 3. The van der Waals surface area contributed by atoms with Gasteiger partial charge in [0.2, 0.25) is 0 Å². The van der Waals surface area contributed by atoms with Crippen LogP contribution in [0.1, 0.15) is 23.7 Å². The zero-order valence-electron chi connectivity index (χ0n) is 9.47. The fourth-order valence-electron chi connectivity index (χ4n) is 1.47. The van der Waals surface area contributed by atoms with Gasteiger partial charge in [-0.1, -0.05) is 0 Å². The van der Waals surface area contributed by atoms with Gasteiger partial charge < -0.3 is 5.73 Å². The molecule has 0 spiro atoms. The minimum atomic E-state index is 0. The van der Waals surface area contributed by atoms with Crippen LogP contribution in [0, 0.1) is 6.92 Å². The molecular weight excluding hydrogens is 244 g/mol. The summed E-state index contributed by atoms with van der Waals surface area (Å²) < 4.78 is 1.80. The first kappa shape index (κ1) is 13.2. The predicted octanol–water partition coefficient (Wildman–Crippen LogP) is 2.29. The average molecular weight is 259 g/mol. The first-order valence-electron chi connectivity index (χ1n) is 4.79. The lowest BCUT2D eigenvalue weighted by Crippen LogP contribution is -2.03. The van der Waals surface area contributed by atoms with E-state index in [-0.39, 0.29) is 18.4 Å². The van der Waals surface area contributed by atoms with E-state index in [1.807, 2.05) is 32.5 Å². The summed E-state index contributed by atoms with van der Waals surface area (Å²) in [6.07, 6.45) is 1.98. The second-order valence-electron chi connectivity index (χ2n) is 3.66. The largest absolute Gasteiger partial charge is 0.322 e. The summed E-state index contributed by atoms with van der Waals surface area (Å²) in [5, 5.41) is 7.29. The molecule has 88 valence electrons. The van der Waals surface area contributed by atoms with Crippen LogP contribution in [0.25, 0.3) is 11.3 Å². The smallest absolute Gasteiger partial charge is 0.110 e. The minimum Gasteiger partial charge on any atom is -0.322 e. The van der Waals surface area contributed by atoms with Crippen molar-refractivity contribution in [2.45, 2.75) is 19.9 Å². The maximum absolute atomic E-state index is 5.78. The highest BCUT2D eigenvalue weighted by Gasteiger charge is 2.11. The molecule has 2 rings (SSSR count). The van der Waals surface area contributed by atoms with E-state index in [1.54, 1.807) is 16.0 Å². The second-order valence-corrected chi connectivity index (χ2v) is 4.55. The Bertz CT molecular complexity index is 475. The van der Waals surface area contributed by atoms with Crippen molar-refractivity contribution in [2.75, 3.05) is 0 Å². The fourth-order valence-corrected chi connectivity index (χ4v) is 2.25.